The summed E-state index contributed by atoms with van der Waals surface area (Å²) in [7, 11) is 1.53. The van der Waals surface area contributed by atoms with Gasteiger partial charge in [0.05, 0.1) is 32.4 Å². The molecule has 1 aromatic heterocycles. The number of fused-ring (bicyclic) bond motifs is 2. The Hall–Kier alpha value is -2.15. The van der Waals surface area contributed by atoms with Gasteiger partial charge in [-0.2, -0.15) is 0 Å². The molecule has 0 aromatic carbocycles. The zero-order valence-corrected chi connectivity index (χ0v) is 15.7. The number of nitrogens with zero attached hydrogens (tertiary/aromatic N) is 2. The van der Waals surface area contributed by atoms with Gasteiger partial charge in [-0.05, 0) is 39.7 Å². The molecule has 3 heterocycles. The number of methoxy groups -OCH3 is 1. The minimum absolute atomic E-state index is 0.0615. The second kappa shape index (κ2) is 7.23. The molecule has 2 aliphatic heterocycles. The number of hydrogen-bond acceptors (Lipinski definition) is 6. The Kier molecular flexibility index (Phi) is 5.18. The van der Waals surface area contributed by atoms with E-state index in [0.29, 0.717) is 37.5 Å². The van der Waals surface area contributed by atoms with Crippen LogP contribution in [0.2, 0.25) is 0 Å². The molecule has 0 radical (unpaired) electrons. The number of ketones is 1. The van der Waals surface area contributed by atoms with E-state index in [0.717, 1.165) is 0 Å². The van der Waals surface area contributed by atoms with Crippen molar-refractivity contribution in [3.8, 4) is 5.88 Å². The van der Waals surface area contributed by atoms with Crippen LogP contribution >= 0.6 is 0 Å². The van der Waals surface area contributed by atoms with E-state index in [1.165, 1.54) is 7.11 Å². The molecule has 0 saturated carbocycles. The second-order valence-corrected chi connectivity index (χ2v) is 7.85. The minimum Gasteiger partial charge on any atom is -0.481 e. The molecule has 0 N–H and O–H groups in total. The van der Waals surface area contributed by atoms with Crippen LogP contribution in [0.1, 0.15) is 44.0 Å². The predicted octanol–water partition coefficient (Wildman–Crippen LogP) is 2.69. The lowest BCUT2D eigenvalue weighted by molar-refractivity contribution is -0.0861. The minimum atomic E-state index is -0.549. The third kappa shape index (κ3) is 3.98. The fraction of sp³-hybridized carbons (Fsp3) is 0.632. The van der Waals surface area contributed by atoms with Crippen LogP contribution < -0.4 is 4.74 Å². The molecule has 7 heteroatoms. The highest BCUT2D eigenvalue weighted by Gasteiger charge is 2.45. The highest BCUT2D eigenvalue weighted by molar-refractivity contribution is 5.98. The van der Waals surface area contributed by atoms with Crippen molar-refractivity contribution < 1.29 is 23.8 Å². The molecule has 1 aromatic rings. The fourth-order valence-electron chi connectivity index (χ4n) is 3.65. The molecule has 2 fully saturated rings. The Morgan fingerprint density at radius 1 is 1.23 bits per heavy atom. The van der Waals surface area contributed by atoms with Gasteiger partial charge in [-0.15, -0.1) is 0 Å². The first-order valence-corrected chi connectivity index (χ1v) is 8.92. The predicted molar refractivity (Wildman–Crippen MR) is 94.3 cm³/mol. The summed E-state index contributed by atoms with van der Waals surface area (Å²) in [4.78, 5) is 31.4. The van der Waals surface area contributed by atoms with Gasteiger partial charge in [0.15, 0.2) is 5.78 Å². The topological polar surface area (TPSA) is 78.0 Å². The van der Waals surface area contributed by atoms with Gasteiger partial charge < -0.3 is 14.2 Å². The van der Waals surface area contributed by atoms with Gasteiger partial charge >= 0.3 is 6.09 Å². The number of hydrogen-bond donors (Lipinski definition) is 0. The largest absolute Gasteiger partial charge is 0.481 e. The Labute approximate surface area is 153 Å². The van der Waals surface area contributed by atoms with Gasteiger partial charge in [-0.25, -0.2) is 9.78 Å². The lowest BCUT2D eigenvalue weighted by Crippen LogP contribution is -2.60. The van der Waals surface area contributed by atoms with E-state index in [-0.39, 0.29) is 29.9 Å². The first-order valence-electron chi connectivity index (χ1n) is 8.92. The first kappa shape index (κ1) is 18.6. The van der Waals surface area contributed by atoms with E-state index in [2.05, 4.69) is 4.98 Å². The molecule has 2 unspecified atom stereocenters. The number of carbonyl (C=O) groups is 2. The summed E-state index contributed by atoms with van der Waals surface area (Å²) < 4.78 is 16.3. The summed E-state index contributed by atoms with van der Waals surface area (Å²) in [6.07, 6.45) is 2.39. The van der Waals surface area contributed by atoms with Crippen LogP contribution in [-0.4, -0.2) is 59.8 Å². The molecular formula is C19H26N2O5. The number of rotatable bonds is 3. The molecule has 1 amide bonds. The van der Waals surface area contributed by atoms with E-state index in [1.807, 2.05) is 20.8 Å². The zero-order chi connectivity index (χ0) is 18.9. The number of ether oxygens (including phenoxy) is 3. The van der Waals surface area contributed by atoms with E-state index >= 15 is 0 Å². The van der Waals surface area contributed by atoms with Gasteiger partial charge in [-0.3, -0.25) is 9.69 Å². The van der Waals surface area contributed by atoms with Crippen LogP contribution in [0.15, 0.2) is 18.3 Å². The van der Waals surface area contributed by atoms with Gasteiger partial charge in [0.2, 0.25) is 5.88 Å². The van der Waals surface area contributed by atoms with Crippen molar-refractivity contribution >= 4 is 11.9 Å². The third-order valence-corrected chi connectivity index (χ3v) is 4.72. The van der Waals surface area contributed by atoms with Crippen LogP contribution in [0, 0.1) is 5.92 Å². The molecule has 0 aliphatic carbocycles. The summed E-state index contributed by atoms with van der Waals surface area (Å²) in [6.45, 7) is 6.41. The third-order valence-electron chi connectivity index (χ3n) is 4.72. The maximum absolute atomic E-state index is 12.9. The van der Waals surface area contributed by atoms with Gasteiger partial charge in [0.25, 0.3) is 0 Å². The van der Waals surface area contributed by atoms with Crippen LogP contribution in [0.5, 0.6) is 5.88 Å². The number of piperidine rings is 1. The van der Waals surface area contributed by atoms with Crippen molar-refractivity contribution in [1.29, 1.82) is 0 Å². The Morgan fingerprint density at radius 2 is 1.88 bits per heavy atom. The van der Waals surface area contributed by atoms with Gasteiger partial charge in [0, 0.05) is 23.7 Å². The van der Waals surface area contributed by atoms with Crippen LogP contribution in [0.4, 0.5) is 4.79 Å². The van der Waals surface area contributed by atoms with Crippen LogP contribution in [0.25, 0.3) is 0 Å². The summed E-state index contributed by atoms with van der Waals surface area (Å²) in [5.41, 5.74) is 0.0403. The van der Waals surface area contributed by atoms with Gasteiger partial charge in [0.1, 0.15) is 5.60 Å². The van der Waals surface area contributed by atoms with Crippen molar-refractivity contribution in [2.45, 2.75) is 51.3 Å². The summed E-state index contributed by atoms with van der Waals surface area (Å²) in [6, 6.07) is 3.08. The van der Waals surface area contributed by atoms with Crippen molar-refractivity contribution in [1.82, 2.24) is 9.88 Å². The Morgan fingerprint density at radius 3 is 2.46 bits per heavy atom. The molecular weight excluding hydrogens is 336 g/mol. The molecule has 2 bridgehead atoms. The Balaban J connectivity index is 1.75. The SMILES string of the molecule is COc1cc(C(=O)C2CC3COCC(C2)N3C(=O)OC(C)(C)C)ccn1. The normalized spacial score (nSPS) is 25.5. The monoisotopic (exact) mass is 362 g/mol. The maximum atomic E-state index is 12.9. The lowest BCUT2D eigenvalue weighted by Gasteiger charge is -2.47. The molecule has 2 aliphatic rings. The Bertz CT molecular complexity index is 671. The molecule has 142 valence electrons. The van der Waals surface area contributed by atoms with E-state index in [1.54, 1.807) is 23.2 Å². The molecule has 0 spiro atoms. The molecule has 7 nitrogen and oxygen atoms in total. The number of pyridine rings is 1. The average molecular weight is 362 g/mol. The van der Waals surface area contributed by atoms with E-state index in [4.69, 9.17) is 14.2 Å². The van der Waals surface area contributed by atoms with E-state index < -0.39 is 5.60 Å². The van der Waals surface area contributed by atoms with E-state index in [9.17, 15) is 9.59 Å². The van der Waals surface area contributed by atoms with Crippen LogP contribution in [0.3, 0.4) is 0 Å². The highest BCUT2D eigenvalue weighted by Crippen LogP contribution is 2.34. The molecule has 2 atom stereocenters. The molecule has 2 saturated heterocycles. The molecule has 3 rings (SSSR count). The van der Waals surface area contributed by atoms with Crippen molar-refractivity contribution in [2.75, 3.05) is 20.3 Å². The number of Topliss-reactive ketones (excluding diaryl/α,β-unsaturated/α-hetero) is 1. The van der Waals surface area contributed by atoms with Gasteiger partial charge in [-0.1, -0.05) is 0 Å². The van der Waals surface area contributed by atoms with Crippen molar-refractivity contribution in [3.63, 3.8) is 0 Å². The molecule has 26 heavy (non-hydrogen) atoms. The highest BCUT2D eigenvalue weighted by atomic mass is 16.6. The number of carbonyl (C=O) groups excluding carboxylic acids is 2. The average Bonchev–Trinajstić information content (AvgIpc) is 2.58. The lowest BCUT2D eigenvalue weighted by atomic mass is 9.81. The number of morpholine rings is 1. The van der Waals surface area contributed by atoms with Crippen molar-refractivity contribution in [2.24, 2.45) is 5.92 Å². The second-order valence-electron chi connectivity index (χ2n) is 7.85. The smallest absolute Gasteiger partial charge is 0.410 e. The quantitative estimate of drug-likeness (QED) is 0.770. The summed E-state index contributed by atoms with van der Waals surface area (Å²) in [5.74, 6) is 0.330. The van der Waals surface area contributed by atoms with Crippen LogP contribution in [-0.2, 0) is 9.47 Å². The first-order chi connectivity index (χ1) is 12.3. The zero-order valence-electron chi connectivity index (χ0n) is 15.7. The maximum Gasteiger partial charge on any atom is 0.410 e. The standard InChI is InChI=1S/C19H26N2O5/c1-19(2,3)26-18(23)21-14-7-13(8-15(21)11-25-10-14)17(22)12-5-6-20-16(9-12)24-4/h5-6,9,13-15H,7-8,10-11H2,1-4H3. The summed E-state index contributed by atoms with van der Waals surface area (Å²) in [5, 5.41) is 0. The van der Waals surface area contributed by atoms with Crippen molar-refractivity contribution in [3.05, 3.63) is 23.9 Å². The summed E-state index contributed by atoms with van der Waals surface area (Å²) >= 11 is 0. The number of amides is 1. The number of aromatic nitrogens is 1. The fourth-order valence-corrected chi connectivity index (χ4v) is 3.65.